The van der Waals surface area contributed by atoms with Crippen molar-refractivity contribution < 1.29 is 33.8 Å². The van der Waals surface area contributed by atoms with Crippen LogP contribution in [-0.2, 0) is 30.3 Å². The van der Waals surface area contributed by atoms with E-state index in [0.29, 0.717) is 11.1 Å². The molecule has 2 aromatic rings. The Balaban J connectivity index is 2.47. The van der Waals surface area contributed by atoms with E-state index in [-0.39, 0.29) is 38.3 Å². The van der Waals surface area contributed by atoms with Crippen molar-refractivity contribution in [2.45, 2.75) is 79.0 Å². The molecule has 2 unspecified atom stereocenters. The highest BCUT2D eigenvalue weighted by Crippen LogP contribution is 2.27. The van der Waals surface area contributed by atoms with Gasteiger partial charge in [-0.25, -0.2) is 4.79 Å². The first-order chi connectivity index (χ1) is 19.3. The van der Waals surface area contributed by atoms with Gasteiger partial charge >= 0.3 is 12.1 Å². The van der Waals surface area contributed by atoms with Crippen molar-refractivity contribution in [2.75, 3.05) is 19.7 Å². The Morgan fingerprint density at radius 3 is 2.24 bits per heavy atom. The fraction of sp³-hybridized carbons (Fsp3) is 0.484. The molecule has 0 aromatic heterocycles. The van der Waals surface area contributed by atoms with Gasteiger partial charge in [0.15, 0.2) is 0 Å². The second-order valence-corrected chi connectivity index (χ2v) is 10.7. The Hall–Kier alpha value is -4.08. The van der Waals surface area contributed by atoms with Crippen molar-refractivity contribution in [3.63, 3.8) is 0 Å². The summed E-state index contributed by atoms with van der Waals surface area (Å²) in [4.78, 5) is 53.9. The van der Waals surface area contributed by atoms with Crippen molar-refractivity contribution in [3.05, 3.63) is 64.7 Å². The summed E-state index contributed by atoms with van der Waals surface area (Å²) in [5, 5.41) is 15.2. The predicted octanol–water partition coefficient (Wildman–Crippen LogP) is 4.10. The first kappa shape index (κ1) is 33.1. The van der Waals surface area contributed by atoms with E-state index < -0.39 is 41.6 Å². The van der Waals surface area contributed by atoms with Gasteiger partial charge in [0, 0.05) is 19.5 Å². The van der Waals surface area contributed by atoms with Gasteiger partial charge in [0.25, 0.3) is 0 Å². The third-order valence-electron chi connectivity index (χ3n) is 6.42. The number of alkyl carbamates (subject to hydrolysis) is 1. The average Bonchev–Trinajstić information content (AvgIpc) is 2.88. The smallest absolute Gasteiger partial charge is 0.408 e. The van der Waals surface area contributed by atoms with Gasteiger partial charge in [0.1, 0.15) is 23.4 Å². The van der Waals surface area contributed by atoms with Crippen LogP contribution in [0.2, 0.25) is 0 Å². The first-order valence-electron chi connectivity index (χ1n) is 13.8. The molecule has 0 radical (unpaired) electrons. The minimum Gasteiger partial charge on any atom is -0.508 e. The van der Waals surface area contributed by atoms with Crippen LogP contribution in [0.4, 0.5) is 4.79 Å². The van der Waals surface area contributed by atoms with Crippen molar-refractivity contribution in [1.29, 1.82) is 0 Å². The number of amides is 3. The molecule has 0 saturated heterocycles. The molecule has 0 spiro atoms. The van der Waals surface area contributed by atoms with E-state index in [1.54, 1.807) is 52.8 Å². The minimum absolute atomic E-state index is 0.0111. The fourth-order valence-corrected chi connectivity index (χ4v) is 4.32. The molecule has 0 bridgehead atoms. The molecule has 10 heteroatoms. The van der Waals surface area contributed by atoms with E-state index in [2.05, 4.69) is 10.6 Å². The number of likely N-dealkylation sites (N-methyl/N-ethyl adjacent to an activating group) is 1. The van der Waals surface area contributed by atoms with Crippen LogP contribution in [0.25, 0.3) is 0 Å². The summed E-state index contributed by atoms with van der Waals surface area (Å²) in [5.74, 6) is -1.31. The maximum atomic E-state index is 14.2. The van der Waals surface area contributed by atoms with Crippen LogP contribution >= 0.6 is 0 Å². The number of aromatic hydroxyl groups is 1. The fourth-order valence-electron chi connectivity index (χ4n) is 4.32. The molecule has 2 atom stereocenters. The zero-order chi connectivity index (χ0) is 30.7. The molecule has 0 heterocycles. The van der Waals surface area contributed by atoms with E-state index in [0.717, 1.165) is 11.1 Å². The highest BCUT2D eigenvalue weighted by Gasteiger charge is 2.36. The van der Waals surface area contributed by atoms with E-state index in [1.807, 2.05) is 26.0 Å². The lowest BCUT2D eigenvalue weighted by Crippen LogP contribution is -2.54. The molecule has 0 aliphatic heterocycles. The molecule has 2 rings (SSSR count). The summed E-state index contributed by atoms with van der Waals surface area (Å²) < 4.78 is 10.4. The molecule has 0 aliphatic rings. The molecular formula is C31H43N3O7. The van der Waals surface area contributed by atoms with Gasteiger partial charge in [0.2, 0.25) is 11.8 Å². The summed E-state index contributed by atoms with van der Waals surface area (Å²) in [6, 6.07) is 9.75. The number of phenols is 1. The highest BCUT2D eigenvalue weighted by molar-refractivity contribution is 5.92. The molecule has 0 saturated carbocycles. The Labute approximate surface area is 242 Å². The number of aryl methyl sites for hydroxylation is 1. The number of ether oxygens (including phenoxy) is 2. The topological polar surface area (TPSA) is 134 Å². The number of nitrogens with one attached hydrogen (secondary N) is 2. The Kier molecular flexibility index (Phi) is 12.2. The summed E-state index contributed by atoms with van der Waals surface area (Å²) in [5.41, 5.74) is 2.33. The number of carbonyl (C=O) groups is 4. The number of phenolic OH excluding ortho intramolecular Hbond substituents is 1. The van der Waals surface area contributed by atoms with Gasteiger partial charge in [-0.05, 0) is 82.9 Å². The number of rotatable bonds is 12. The molecule has 2 aromatic carbocycles. The number of benzene rings is 2. The molecule has 224 valence electrons. The lowest BCUT2D eigenvalue weighted by molar-refractivity contribution is -0.144. The molecule has 0 aliphatic carbocycles. The van der Waals surface area contributed by atoms with Crippen molar-refractivity contribution in [2.24, 2.45) is 0 Å². The molecule has 41 heavy (non-hydrogen) atoms. The SMILES string of the molecule is CCOC(=O)CCNC(=O)C(c1cccc(C)c1C)N(CC)C(=O)C(Cc1ccc(O)cc1)NC(=O)OC(C)(C)C. The number of hydrogen-bond donors (Lipinski definition) is 3. The summed E-state index contributed by atoms with van der Waals surface area (Å²) in [6.45, 7) is 12.9. The van der Waals surface area contributed by atoms with Crippen molar-refractivity contribution in [1.82, 2.24) is 15.5 Å². The summed E-state index contributed by atoms with van der Waals surface area (Å²) in [7, 11) is 0. The molecule has 0 fully saturated rings. The standard InChI is InChI=1S/C31H43N3O7/c1-8-34(27(24-12-10-11-20(3)21(24)4)28(37)32-18-17-26(36)40-9-2)29(38)25(33-30(39)41-31(5,6)7)19-22-13-15-23(35)16-14-22/h10-16,25,27,35H,8-9,17-19H2,1-7H3,(H,32,37)(H,33,39). The van der Waals surface area contributed by atoms with Crippen molar-refractivity contribution >= 4 is 23.9 Å². The van der Waals surface area contributed by atoms with Gasteiger partial charge in [-0.15, -0.1) is 0 Å². The van der Waals surface area contributed by atoms with Crippen LogP contribution in [-0.4, -0.2) is 65.2 Å². The molecule has 3 N–H and O–H groups in total. The lowest BCUT2D eigenvalue weighted by atomic mass is 9.94. The number of nitrogens with zero attached hydrogens (tertiary/aromatic N) is 1. The summed E-state index contributed by atoms with van der Waals surface area (Å²) in [6.07, 6.45) is -0.685. The minimum atomic E-state index is -1.07. The maximum absolute atomic E-state index is 14.2. The monoisotopic (exact) mass is 569 g/mol. The van der Waals surface area contributed by atoms with Crippen molar-refractivity contribution in [3.8, 4) is 5.75 Å². The third-order valence-corrected chi connectivity index (χ3v) is 6.42. The average molecular weight is 570 g/mol. The first-order valence-corrected chi connectivity index (χ1v) is 13.8. The van der Waals surface area contributed by atoms with Crippen LogP contribution in [0.5, 0.6) is 5.75 Å². The van der Waals surface area contributed by atoms with Gasteiger partial charge in [-0.3, -0.25) is 14.4 Å². The maximum Gasteiger partial charge on any atom is 0.408 e. The number of hydrogen-bond acceptors (Lipinski definition) is 7. The number of carbonyl (C=O) groups excluding carboxylic acids is 4. The molecular weight excluding hydrogens is 526 g/mol. The normalized spacial score (nSPS) is 12.6. The predicted molar refractivity (Wildman–Crippen MR) is 155 cm³/mol. The van der Waals surface area contributed by atoms with Gasteiger partial charge < -0.3 is 30.1 Å². The van der Waals surface area contributed by atoms with Crippen LogP contribution in [0, 0.1) is 13.8 Å². The second kappa shape index (κ2) is 15.1. The van der Waals surface area contributed by atoms with Gasteiger partial charge in [-0.2, -0.15) is 0 Å². The zero-order valence-electron chi connectivity index (χ0n) is 25.1. The van der Waals surface area contributed by atoms with Crippen LogP contribution in [0.1, 0.15) is 69.3 Å². The van der Waals surface area contributed by atoms with E-state index in [9.17, 15) is 24.3 Å². The van der Waals surface area contributed by atoms with E-state index >= 15 is 0 Å². The van der Waals surface area contributed by atoms with E-state index in [4.69, 9.17) is 9.47 Å². The highest BCUT2D eigenvalue weighted by atomic mass is 16.6. The Morgan fingerprint density at radius 2 is 1.66 bits per heavy atom. The third kappa shape index (κ3) is 10.1. The largest absolute Gasteiger partial charge is 0.508 e. The van der Waals surface area contributed by atoms with Crippen LogP contribution < -0.4 is 10.6 Å². The lowest BCUT2D eigenvalue weighted by Gasteiger charge is -2.34. The molecule has 3 amide bonds. The Morgan fingerprint density at radius 1 is 1.00 bits per heavy atom. The second-order valence-electron chi connectivity index (χ2n) is 10.7. The van der Waals surface area contributed by atoms with Gasteiger partial charge in [-0.1, -0.05) is 30.3 Å². The summed E-state index contributed by atoms with van der Waals surface area (Å²) >= 11 is 0. The van der Waals surface area contributed by atoms with E-state index in [1.165, 1.54) is 17.0 Å². The zero-order valence-corrected chi connectivity index (χ0v) is 25.1. The number of esters is 1. The quantitative estimate of drug-likeness (QED) is 0.328. The van der Waals surface area contributed by atoms with Crippen LogP contribution in [0.15, 0.2) is 42.5 Å². The van der Waals surface area contributed by atoms with Crippen LogP contribution in [0.3, 0.4) is 0 Å². The molecule has 10 nitrogen and oxygen atoms in total. The van der Waals surface area contributed by atoms with Gasteiger partial charge in [0.05, 0.1) is 13.0 Å². The Bertz CT molecular complexity index is 1210.